The molecule has 0 saturated carbocycles. The van der Waals surface area contributed by atoms with Gasteiger partial charge in [0, 0.05) is 11.8 Å². The summed E-state index contributed by atoms with van der Waals surface area (Å²) in [6.45, 7) is 0. The largest absolute Gasteiger partial charge is 0.478 e. The summed E-state index contributed by atoms with van der Waals surface area (Å²) in [6, 6.07) is 3.08. The summed E-state index contributed by atoms with van der Waals surface area (Å²) in [6.07, 6.45) is 6.93. The number of hydrogen-bond donors (Lipinski definition) is 1. The maximum Gasteiger partial charge on any atom is 0.337 e. The van der Waals surface area contributed by atoms with Gasteiger partial charge in [-0.3, -0.25) is 9.20 Å². The van der Waals surface area contributed by atoms with Crippen molar-refractivity contribution >= 4 is 29.0 Å². The number of rotatable bonds is 1. The van der Waals surface area contributed by atoms with Crippen molar-refractivity contribution in [2.75, 3.05) is 0 Å². The van der Waals surface area contributed by atoms with Crippen LogP contribution in [0.15, 0.2) is 39.5 Å². The third kappa shape index (κ3) is 2.30. The van der Waals surface area contributed by atoms with E-state index in [9.17, 15) is 9.59 Å². The molecule has 1 aliphatic carbocycles. The molecule has 6 heteroatoms. The van der Waals surface area contributed by atoms with Crippen LogP contribution in [0.2, 0.25) is 0 Å². The Morgan fingerprint density at radius 2 is 2.17 bits per heavy atom. The Kier molecular flexibility index (Phi) is 3.34. The molecule has 23 heavy (non-hydrogen) atoms. The zero-order valence-electron chi connectivity index (χ0n) is 12.3. The smallest absolute Gasteiger partial charge is 0.337 e. The lowest BCUT2D eigenvalue weighted by Gasteiger charge is -2.20. The van der Waals surface area contributed by atoms with Gasteiger partial charge in [-0.2, -0.15) is 0 Å². The first-order valence-corrected chi connectivity index (χ1v) is 8.36. The molecule has 1 aliphatic heterocycles. The van der Waals surface area contributed by atoms with Crippen molar-refractivity contribution in [2.45, 2.75) is 25.7 Å². The number of thioether (sulfide) groups is 1. The van der Waals surface area contributed by atoms with Crippen LogP contribution in [0, 0.1) is 0 Å². The molecule has 0 bridgehead atoms. The highest BCUT2D eigenvalue weighted by molar-refractivity contribution is 8.06. The molecule has 116 valence electrons. The van der Waals surface area contributed by atoms with Gasteiger partial charge in [0.1, 0.15) is 5.65 Å². The first-order valence-electron chi connectivity index (χ1n) is 7.48. The number of carboxylic acid groups (broad SMARTS) is 1. The van der Waals surface area contributed by atoms with Crippen LogP contribution < -0.4 is 5.56 Å². The average Bonchev–Trinajstić information content (AvgIpc) is 3.08. The third-order valence-electron chi connectivity index (χ3n) is 4.25. The Morgan fingerprint density at radius 3 is 2.91 bits per heavy atom. The van der Waals surface area contributed by atoms with Crippen LogP contribution in [0.5, 0.6) is 0 Å². The third-order valence-corrected chi connectivity index (χ3v) is 5.27. The number of nitrogens with zero attached hydrogens (tertiary/aromatic N) is 2. The second-order valence-corrected chi connectivity index (χ2v) is 6.64. The predicted octanol–water partition coefficient (Wildman–Crippen LogP) is 3.09. The quantitative estimate of drug-likeness (QED) is 0.872. The molecule has 0 aromatic carbocycles. The number of aromatic carboxylic acids is 1. The van der Waals surface area contributed by atoms with Gasteiger partial charge >= 0.3 is 5.97 Å². The van der Waals surface area contributed by atoms with Gasteiger partial charge in [0.2, 0.25) is 0 Å². The first kappa shape index (κ1) is 14.3. The monoisotopic (exact) mass is 326 g/mol. The molecule has 0 fully saturated rings. The SMILES string of the molecule is O=C(O)c1ccc2nc3c(c(=O)n2c1)CCCC3=C1CC=CS1. The molecule has 0 atom stereocenters. The fourth-order valence-electron chi connectivity index (χ4n) is 3.14. The van der Waals surface area contributed by atoms with E-state index in [1.165, 1.54) is 27.1 Å². The number of carbonyl (C=O) groups is 1. The molecule has 1 N–H and O–H groups in total. The average molecular weight is 326 g/mol. The van der Waals surface area contributed by atoms with Crippen molar-refractivity contribution in [3.05, 3.63) is 61.9 Å². The van der Waals surface area contributed by atoms with E-state index in [1.54, 1.807) is 17.8 Å². The summed E-state index contributed by atoms with van der Waals surface area (Å²) in [5.41, 5.74) is 3.10. The highest BCUT2D eigenvalue weighted by Gasteiger charge is 2.24. The lowest BCUT2D eigenvalue weighted by atomic mass is 9.91. The summed E-state index contributed by atoms with van der Waals surface area (Å²) in [4.78, 5) is 29.9. The second kappa shape index (κ2) is 5.38. The minimum absolute atomic E-state index is 0.0892. The molecule has 0 unspecified atom stereocenters. The summed E-state index contributed by atoms with van der Waals surface area (Å²) in [5.74, 6) is -1.05. The van der Waals surface area contributed by atoms with Gasteiger partial charge in [0.25, 0.3) is 5.56 Å². The van der Waals surface area contributed by atoms with Crippen molar-refractivity contribution in [1.29, 1.82) is 0 Å². The van der Waals surface area contributed by atoms with Crippen LogP contribution in [0.4, 0.5) is 0 Å². The fourth-order valence-corrected chi connectivity index (χ4v) is 4.03. The molecule has 0 amide bonds. The fraction of sp³-hybridized carbons (Fsp3) is 0.235. The van der Waals surface area contributed by atoms with Crippen LogP contribution in [-0.2, 0) is 6.42 Å². The number of allylic oxidation sites excluding steroid dienone is 3. The van der Waals surface area contributed by atoms with Gasteiger partial charge in [-0.15, -0.1) is 11.8 Å². The topological polar surface area (TPSA) is 71.7 Å². The van der Waals surface area contributed by atoms with E-state index in [-0.39, 0.29) is 11.1 Å². The Bertz CT molecular complexity index is 946. The lowest BCUT2D eigenvalue weighted by molar-refractivity contribution is 0.0696. The van der Waals surface area contributed by atoms with Gasteiger partial charge in [0.05, 0.1) is 11.3 Å². The molecular weight excluding hydrogens is 312 g/mol. The molecule has 3 heterocycles. The van der Waals surface area contributed by atoms with Crippen LogP contribution >= 0.6 is 11.8 Å². The summed E-state index contributed by atoms with van der Waals surface area (Å²) in [7, 11) is 0. The van der Waals surface area contributed by atoms with E-state index >= 15 is 0 Å². The van der Waals surface area contributed by atoms with Crippen molar-refractivity contribution in [3.8, 4) is 0 Å². The molecule has 4 rings (SSSR count). The molecule has 0 saturated heterocycles. The maximum atomic E-state index is 12.8. The Hall–Kier alpha value is -2.34. The number of aromatic nitrogens is 2. The molecule has 2 aromatic heterocycles. The van der Waals surface area contributed by atoms with Crippen molar-refractivity contribution in [1.82, 2.24) is 9.38 Å². The second-order valence-electron chi connectivity index (χ2n) is 5.64. The minimum atomic E-state index is -1.05. The van der Waals surface area contributed by atoms with Gasteiger partial charge in [-0.1, -0.05) is 6.08 Å². The molecule has 2 aliphatic rings. The Labute approximate surface area is 136 Å². The predicted molar refractivity (Wildman–Crippen MR) is 89.6 cm³/mol. The van der Waals surface area contributed by atoms with Gasteiger partial charge in [-0.05, 0) is 53.7 Å². The van der Waals surface area contributed by atoms with Gasteiger partial charge < -0.3 is 5.11 Å². The molecule has 2 aromatic rings. The summed E-state index contributed by atoms with van der Waals surface area (Å²) >= 11 is 1.70. The summed E-state index contributed by atoms with van der Waals surface area (Å²) < 4.78 is 1.36. The van der Waals surface area contributed by atoms with Crippen LogP contribution in [0.1, 0.15) is 40.9 Å². The van der Waals surface area contributed by atoms with E-state index in [0.717, 1.165) is 25.0 Å². The number of fused-ring (bicyclic) bond motifs is 2. The standard InChI is InChI=1S/C17H14N2O3S/c20-16-12-4-1-3-11(13-5-2-8-23-13)15(12)18-14-7-6-10(17(21)22)9-19(14)16/h2,6-9H,1,3-5H2,(H,21,22). The number of carboxylic acids is 1. The maximum absolute atomic E-state index is 12.8. The van der Waals surface area contributed by atoms with Crippen molar-refractivity contribution < 1.29 is 9.90 Å². The van der Waals surface area contributed by atoms with Crippen LogP contribution in [-0.4, -0.2) is 20.5 Å². The Morgan fingerprint density at radius 1 is 1.30 bits per heavy atom. The van der Waals surface area contributed by atoms with Crippen molar-refractivity contribution in [2.24, 2.45) is 0 Å². The van der Waals surface area contributed by atoms with Gasteiger partial charge in [-0.25, -0.2) is 9.78 Å². The molecule has 5 nitrogen and oxygen atoms in total. The lowest BCUT2D eigenvalue weighted by Crippen LogP contribution is -2.25. The van der Waals surface area contributed by atoms with Crippen LogP contribution in [0.25, 0.3) is 11.2 Å². The van der Waals surface area contributed by atoms with E-state index in [0.29, 0.717) is 17.6 Å². The van der Waals surface area contributed by atoms with Gasteiger partial charge in [0.15, 0.2) is 0 Å². The first-order chi connectivity index (χ1) is 11.1. The molecular formula is C17H14N2O3S. The van der Waals surface area contributed by atoms with E-state index in [1.807, 2.05) is 0 Å². The van der Waals surface area contributed by atoms with Crippen LogP contribution in [0.3, 0.4) is 0 Å². The summed E-state index contributed by atoms with van der Waals surface area (Å²) in [5, 5.41) is 11.2. The van der Waals surface area contributed by atoms with E-state index in [4.69, 9.17) is 5.11 Å². The molecule has 0 radical (unpaired) electrons. The zero-order chi connectivity index (χ0) is 16.0. The Balaban J connectivity index is 1.98. The van der Waals surface area contributed by atoms with E-state index in [2.05, 4.69) is 16.5 Å². The normalized spacial score (nSPS) is 20.0. The molecule has 0 spiro atoms. The van der Waals surface area contributed by atoms with Crippen molar-refractivity contribution in [3.63, 3.8) is 0 Å². The minimum Gasteiger partial charge on any atom is -0.478 e. The zero-order valence-corrected chi connectivity index (χ0v) is 13.1. The number of hydrogen-bond acceptors (Lipinski definition) is 4. The van der Waals surface area contributed by atoms with E-state index < -0.39 is 5.97 Å². The number of pyridine rings is 1. The highest BCUT2D eigenvalue weighted by Crippen LogP contribution is 2.39. The highest BCUT2D eigenvalue weighted by atomic mass is 32.2.